The van der Waals surface area contributed by atoms with Crippen LogP contribution in [0.15, 0.2) is 78.9 Å². The third-order valence-corrected chi connectivity index (χ3v) is 6.41. The van der Waals surface area contributed by atoms with E-state index in [2.05, 4.69) is 15.5 Å². The second kappa shape index (κ2) is 9.32. The number of nitro groups is 1. The minimum atomic E-state index is -0.502. The van der Waals surface area contributed by atoms with Crippen molar-refractivity contribution in [3.63, 3.8) is 0 Å². The number of fused-ring (bicyclic) bond motifs is 2. The molecule has 4 aromatic carbocycles. The molecule has 0 bridgehead atoms. The van der Waals surface area contributed by atoms with Crippen molar-refractivity contribution in [2.45, 2.75) is 0 Å². The molecule has 0 spiro atoms. The molecule has 184 valence electrons. The van der Waals surface area contributed by atoms with Crippen LogP contribution in [0.1, 0.15) is 10.4 Å². The summed E-state index contributed by atoms with van der Waals surface area (Å²) in [6.07, 6.45) is 0. The summed E-state index contributed by atoms with van der Waals surface area (Å²) >= 11 is 0. The maximum atomic E-state index is 13.3. The van der Waals surface area contributed by atoms with Crippen LogP contribution in [-0.2, 0) is 4.74 Å². The number of carbonyl (C=O) groups is 1. The van der Waals surface area contributed by atoms with E-state index in [1.54, 1.807) is 29.1 Å². The first-order valence-electron chi connectivity index (χ1n) is 11.8. The molecule has 10 nitrogen and oxygen atoms in total. The lowest BCUT2D eigenvalue weighted by Gasteiger charge is -2.30. The molecule has 2 heterocycles. The van der Waals surface area contributed by atoms with E-state index in [0.29, 0.717) is 48.7 Å². The van der Waals surface area contributed by atoms with Crippen molar-refractivity contribution in [3.8, 4) is 5.69 Å². The number of nitro benzene ring substituents is 1. The fourth-order valence-corrected chi connectivity index (χ4v) is 4.58. The fourth-order valence-electron chi connectivity index (χ4n) is 4.58. The highest BCUT2D eigenvalue weighted by molar-refractivity contribution is 6.09. The Balaban J connectivity index is 1.32. The molecule has 0 atom stereocenters. The molecule has 0 unspecified atom stereocenters. The van der Waals surface area contributed by atoms with Gasteiger partial charge in [0.25, 0.3) is 11.6 Å². The lowest BCUT2D eigenvalue weighted by Crippen LogP contribution is -2.37. The van der Waals surface area contributed by atoms with Crippen molar-refractivity contribution in [2.75, 3.05) is 36.5 Å². The standard InChI is InChI=1S/C27H22N6O4/c34-27(22-17-20(33(35)36)9-11-25(22)31-12-14-37-15-13-31)28-19-8-10-23-24(16-19)30-32(29-23)26-7-3-5-18-4-1-2-6-21(18)26/h1-11,16-17H,12-15H2,(H,28,34). The number of carbonyl (C=O) groups excluding carboxylic acids is 1. The predicted octanol–water partition coefficient (Wildman–Crippen LogP) is 4.57. The molecular weight excluding hydrogens is 472 g/mol. The van der Waals surface area contributed by atoms with E-state index < -0.39 is 10.8 Å². The quantitative estimate of drug-likeness (QED) is 0.281. The molecule has 0 aliphatic carbocycles. The van der Waals surface area contributed by atoms with Crippen molar-refractivity contribution in [1.82, 2.24) is 15.0 Å². The summed E-state index contributed by atoms with van der Waals surface area (Å²) in [5.41, 5.74) is 3.38. The number of rotatable bonds is 5. The first-order chi connectivity index (χ1) is 18.1. The maximum absolute atomic E-state index is 13.3. The second-order valence-corrected chi connectivity index (χ2v) is 8.70. The maximum Gasteiger partial charge on any atom is 0.270 e. The third kappa shape index (κ3) is 4.34. The normalized spacial score (nSPS) is 13.7. The molecule has 0 saturated carbocycles. The molecule has 0 radical (unpaired) electrons. The van der Waals surface area contributed by atoms with Crippen LogP contribution >= 0.6 is 0 Å². The molecule has 1 aromatic heterocycles. The average Bonchev–Trinajstić information content (AvgIpc) is 3.36. The van der Waals surface area contributed by atoms with Crippen molar-refractivity contribution in [2.24, 2.45) is 0 Å². The summed E-state index contributed by atoms with van der Waals surface area (Å²) in [6.45, 7) is 2.25. The Labute approximate surface area is 211 Å². The van der Waals surface area contributed by atoms with Crippen LogP contribution in [-0.4, -0.2) is 52.1 Å². The van der Waals surface area contributed by atoms with Gasteiger partial charge in [-0.25, -0.2) is 0 Å². The molecule has 1 fully saturated rings. The minimum Gasteiger partial charge on any atom is -0.378 e. The van der Waals surface area contributed by atoms with E-state index in [4.69, 9.17) is 4.74 Å². The number of non-ortho nitro benzene ring substituents is 1. The van der Waals surface area contributed by atoms with Crippen LogP contribution in [0.2, 0.25) is 0 Å². The highest BCUT2D eigenvalue weighted by Crippen LogP contribution is 2.28. The summed E-state index contributed by atoms with van der Waals surface area (Å²) in [5.74, 6) is -0.439. The Bertz CT molecular complexity index is 1650. The molecule has 1 aliphatic rings. The van der Waals surface area contributed by atoms with E-state index in [1.165, 1.54) is 12.1 Å². The summed E-state index contributed by atoms with van der Waals surface area (Å²) in [4.78, 5) is 27.8. The van der Waals surface area contributed by atoms with Gasteiger partial charge >= 0.3 is 0 Å². The van der Waals surface area contributed by atoms with E-state index in [1.807, 2.05) is 47.4 Å². The first-order valence-corrected chi connectivity index (χ1v) is 11.8. The van der Waals surface area contributed by atoms with Crippen LogP contribution in [0.25, 0.3) is 27.5 Å². The van der Waals surface area contributed by atoms with Gasteiger partial charge in [-0.15, -0.1) is 15.0 Å². The number of aromatic nitrogens is 3. The van der Waals surface area contributed by atoms with Gasteiger partial charge in [0.1, 0.15) is 11.0 Å². The molecule has 1 amide bonds. The third-order valence-electron chi connectivity index (χ3n) is 6.41. The number of amides is 1. The van der Waals surface area contributed by atoms with Gasteiger partial charge < -0.3 is 15.0 Å². The van der Waals surface area contributed by atoms with Crippen molar-refractivity contribution in [3.05, 3.63) is 94.5 Å². The molecule has 1 N–H and O–H groups in total. The smallest absolute Gasteiger partial charge is 0.270 e. The van der Waals surface area contributed by atoms with E-state index >= 15 is 0 Å². The first kappa shape index (κ1) is 22.6. The number of ether oxygens (including phenoxy) is 1. The Morgan fingerprint density at radius 2 is 1.68 bits per heavy atom. The Kier molecular flexibility index (Phi) is 5.70. The number of nitrogens with zero attached hydrogens (tertiary/aromatic N) is 5. The topological polar surface area (TPSA) is 115 Å². The van der Waals surface area contributed by atoms with Gasteiger partial charge in [-0.1, -0.05) is 36.4 Å². The summed E-state index contributed by atoms with van der Waals surface area (Å²) in [5, 5.41) is 25.6. The minimum absolute atomic E-state index is 0.143. The molecule has 1 aliphatic heterocycles. The Morgan fingerprint density at radius 3 is 2.51 bits per heavy atom. The van der Waals surface area contributed by atoms with E-state index in [0.717, 1.165) is 16.5 Å². The van der Waals surface area contributed by atoms with Gasteiger partial charge in [0.15, 0.2) is 0 Å². The molecule has 10 heteroatoms. The Morgan fingerprint density at radius 1 is 0.892 bits per heavy atom. The number of morpholine rings is 1. The molecule has 5 aromatic rings. The SMILES string of the molecule is O=C(Nc1ccc2nn(-c3cccc4ccccc34)nc2c1)c1cc([N+](=O)[O-])ccc1N1CCOCC1. The summed E-state index contributed by atoms with van der Waals surface area (Å²) in [6, 6.07) is 23.6. The second-order valence-electron chi connectivity index (χ2n) is 8.70. The predicted molar refractivity (Wildman–Crippen MR) is 140 cm³/mol. The summed E-state index contributed by atoms with van der Waals surface area (Å²) in [7, 11) is 0. The largest absolute Gasteiger partial charge is 0.378 e. The summed E-state index contributed by atoms with van der Waals surface area (Å²) < 4.78 is 5.41. The number of anilines is 2. The fraction of sp³-hybridized carbons (Fsp3) is 0.148. The van der Waals surface area contributed by atoms with Gasteiger partial charge in [0.2, 0.25) is 0 Å². The van der Waals surface area contributed by atoms with Gasteiger partial charge in [-0.3, -0.25) is 14.9 Å². The molecular formula is C27H22N6O4. The number of hydrogen-bond donors (Lipinski definition) is 1. The lowest BCUT2D eigenvalue weighted by molar-refractivity contribution is -0.384. The zero-order valence-electron chi connectivity index (χ0n) is 19.7. The zero-order chi connectivity index (χ0) is 25.4. The van der Waals surface area contributed by atoms with Crippen molar-refractivity contribution in [1.29, 1.82) is 0 Å². The van der Waals surface area contributed by atoms with E-state index in [9.17, 15) is 14.9 Å². The zero-order valence-corrected chi connectivity index (χ0v) is 19.7. The van der Waals surface area contributed by atoms with Gasteiger partial charge in [0, 0.05) is 36.3 Å². The number of benzene rings is 4. The number of hydrogen-bond acceptors (Lipinski definition) is 7. The van der Waals surface area contributed by atoms with Crippen molar-refractivity contribution >= 4 is 44.8 Å². The highest BCUT2D eigenvalue weighted by atomic mass is 16.6. The molecule has 1 saturated heterocycles. The Hall–Kier alpha value is -4.83. The van der Waals surface area contributed by atoms with E-state index in [-0.39, 0.29) is 11.3 Å². The van der Waals surface area contributed by atoms with Gasteiger partial charge in [-0.05, 0) is 35.7 Å². The highest BCUT2D eigenvalue weighted by Gasteiger charge is 2.22. The van der Waals surface area contributed by atoms with Crippen LogP contribution in [0, 0.1) is 10.1 Å². The van der Waals surface area contributed by atoms with Crippen LogP contribution in [0.5, 0.6) is 0 Å². The van der Waals surface area contributed by atoms with Crippen LogP contribution in [0.4, 0.5) is 17.1 Å². The van der Waals surface area contributed by atoms with Gasteiger partial charge in [-0.2, -0.15) is 0 Å². The van der Waals surface area contributed by atoms with Crippen molar-refractivity contribution < 1.29 is 14.5 Å². The van der Waals surface area contributed by atoms with Crippen LogP contribution in [0.3, 0.4) is 0 Å². The molecule has 37 heavy (non-hydrogen) atoms. The lowest BCUT2D eigenvalue weighted by atomic mass is 10.1. The number of nitrogens with one attached hydrogen (secondary N) is 1. The van der Waals surface area contributed by atoms with Crippen LogP contribution < -0.4 is 10.2 Å². The monoisotopic (exact) mass is 494 g/mol. The molecule has 6 rings (SSSR count). The average molecular weight is 495 g/mol. The van der Waals surface area contributed by atoms with Gasteiger partial charge in [0.05, 0.1) is 35.1 Å².